The normalized spacial score (nSPS) is 18.5. The van der Waals surface area contributed by atoms with Crippen molar-refractivity contribution in [3.05, 3.63) is 23.2 Å². The summed E-state index contributed by atoms with van der Waals surface area (Å²) in [6, 6.07) is 4.70. The Bertz CT molecular complexity index is 604. The van der Waals surface area contributed by atoms with E-state index in [1.807, 2.05) is 13.8 Å². The first-order chi connectivity index (χ1) is 10.8. The molecule has 6 heteroatoms. The Balaban J connectivity index is 2.22. The number of nitrogens with zero attached hydrogens (tertiary/aromatic N) is 2. The van der Waals surface area contributed by atoms with Gasteiger partial charge in [-0.1, -0.05) is 25.4 Å². The lowest BCUT2D eigenvalue weighted by molar-refractivity contribution is -0.141. The predicted molar refractivity (Wildman–Crippen MR) is 91.0 cm³/mol. The van der Waals surface area contributed by atoms with Crippen LogP contribution >= 0.6 is 11.6 Å². The van der Waals surface area contributed by atoms with Gasteiger partial charge in [0.1, 0.15) is 11.8 Å². The summed E-state index contributed by atoms with van der Waals surface area (Å²) in [6.45, 7) is 6.70. The molecule has 1 aromatic carbocycles. The summed E-state index contributed by atoms with van der Waals surface area (Å²) in [4.78, 5) is 28.3. The van der Waals surface area contributed by atoms with Gasteiger partial charge in [-0.3, -0.25) is 9.59 Å². The first-order valence-electron chi connectivity index (χ1n) is 7.79. The molecule has 0 aliphatic carbocycles. The molecular weight excluding hydrogens is 316 g/mol. The second kappa shape index (κ2) is 7.21. The molecule has 1 saturated heterocycles. The fraction of sp³-hybridized carbons (Fsp3) is 0.529. The summed E-state index contributed by atoms with van der Waals surface area (Å²) in [5.74, 6) is 0.778. The van der Waals surface area contributed by atoms with Crippen molar-refractivity contribution in [2.24, 2.45) is 5.92 Å². The fourth-order valence-electron chi connectivity index (χ4n) is 2.79. The molecule has 1 fully saturated rings. The number of hydrogen-bond acceptors (Lipinski definition) is 3. The number of piperazine rings is 1. The smallest absolute Gasteiger partial charge is 0.249 e. The fourth-order valence-corrected chi connectivity index (χ4v) is 2.96. The lowest BCUT2D eigenvalue weighted by Crippen LogP contribution is -2.58. The first-order valence-corrected chi connectivity index (χ1v) is 8.17. The van der Waals surface area contributed by atoms with E-state index in [-0.39, 0.29) is 17.7 Å². The molecule has 5 nitrogen and oxygen atoms in total. The molecule has 1 unspecified atom stereocenters. The SMILES string of the molecule is COc1ccc(Cl)cc1N1CCN(C(=O)CC(C)C)C(C)C1=O. The molecule has 2 amide bonds. The van der Waals surface area contributed by atoms with Gasteiger partial charge >= 0.3 is 0 Å². The summed E-state index contributed by atoms with van der Waals surface area (Å²) < 4.78 is 5.33. The lowest BCUT2D eigenvalue weighted by atomic mass is 10.1. The Morgan fingerprint density at radius 1 is 1.39 bits per heavy atom. The number of rotatable bonds is 4. The summed E-state index contributed by atoms with van der Waals surface area (Å²) >= 11 is 6.06. The topological polar surface area (TPSA) is 49.9 Å². The highest BCUT2D eigenvalue weighted by Gasteiger charge is 2.35. The second-order valence-electron chi connectivity index (χ2n) is 6.17. The zero-order valence-corrected chi connectivity index (χ0v) is 14.8. The molecule has 126 valence electrons. The van der Waals surface area contributed by atoms with Gasteiger partial charge in [0, 0.05) is 24.5 Å². The van der Waals surface area contributed by atoms with Crippen molar-refractivity contribution in [3.8, 4) is 5.75 Å². The van der Waals surface area contributed by atoms with E-state index in [0.717, 1.165) is 0 Å². The largest absolute Gasteiger partial charge is 0.495 e. The molecule has 0 spiro atoms. The maximum Gasteiger partial charge on any atom is 0.249 e. The van der Waals surface area contributed by atoms with Crippen molar-refractivity contribution < 1.29 is 14.3 Å². The van der Waals surface area contributed by atoms with E-state index in [4.69, 9.17) is 16.3 Å². The number of carbonyl (C=O) groups is 2. The molecule has 23 heavy (non-hydrogen) atoms. The number of halogens is 1. The third-order valence-electron chi connectivity index (χ3n) is 3.99. The molecular formula is C17H23ClN2O3. The number of anilines is 1. The van der Waals surface area contributed by atoms with Crippen LogP contribution < -0.4 is 9.64 Å². The maximum absolute atomic E-state index is 12.7. The van der Waals surface area contributed by atoms with Gasteiger partial charge in [-0.05, 0) is 31.0 Å². The van der Waals surface area contributed by atoms with Gasteiger partial charge in [0.25, 0.3) is 0 Å². The maximum atomic E-state index is 12.7. The molecule has 0 bridgehead atoms. The van der Waals surface area contributed by atoms with Crippen LogP contribution in [-0.4, -0.2) is 43.0 Å². The molecule has 1 aliphatic rings. The standard InChI is InChI=1S/C17H23ClN2O3/c1-11(2)9-16(21)19-7-8-20(17(22)12(19)3)14-10-13(18)5-6-15(14)23-4/h5-6,10-12H,7-9H2,1-4H3. The number of amides is 2. The average Bonchev–Trinajstić information content (AvgIpc) is 2.49. The van der Waals surface area contributed by atoms with Gasteiger partial charge in [-0.15, -0.1) is 0 Å². The van der Waals surface area contributed by atoms with Crippen LogP contribution in [0.2, 0.25) is 5.02 Å². The number of benzene rings is 1. The third-order valence-corrected chi connectivity index (χ3v) is 4.23. The molecule has 0 saturated carbocycles. The highest BCUT2D eigenvalue weighted by molar-refractivity contribution is 6.31. The molecule has 1 aromatic rings. The molecule has 0 aromatic heterocycles. The van der Waals surface area contributed by atoms with Crippen molar-refractivity contribution in [2.45, 2.75) is 33.2 Å². The van der Waals surface area contributed by atoms with E-state index in [0.29, 0.717) is 36.0 Å². The Kier molecular flexibility index (Phi) is 5.52. The molecule has 1 atom stereocenters. The lowest BCUT2D eigenvalue weighted by Gasteiger charge is -2.39. The Morgan fingerprint density at radius 3 is 2.70 bits per heavy atom. The van der Waals surface area contributed by atoms with Crippen molar-refractivity contribution in [1.29, 1.82) is 0 Å². The number of hydrogen-bond donors (Lipinski definition) is 0. The summed E-state index contributed by atoms with van der Waals surface area (Å²) in [6.07, 6.45) is 0.456. The summed E-state index contributed by atoms with van der Waals surface area (Å²) in [7, 11) is 1.56. The van der Waals surface area contributed by atoms with E-state index >= 15 is 0 Å². The van der Waals surface area contributed by atoms with Gasteiger partial charge in [0.2, 0.25) is 11.8 Å². The summed E-state index contributed by atoms with van der Waals surface area (Å²) in [5, 5.41) is 0.541. The van der Waals surface area contributed by atoms with Crippen molar-refractivity contribution in [1.82, 2.24) is 4.90 Å². The Morgan fingerprint density at radius 2 is 2.09 bits per heavy atom. The number of carbonyl (C=O) groups excluding carboxylic acids is 2. The average molecular weight is 339 g/mol. The van der Waals surface area contributed by atoms with Gasteiger partial charge in [-0.2, -0.15) is 0 Å². The van der Waals surface area contributed by atoms with Crippen molar-refractivity contribution >= 4 is 29.1 Å². The predicted octanol–water partition coefficient (Wildman–Crippen LogP) is 2.96. The Labute approximate surface area is 142 Å². The highest BCUT2D eigenvalue weighted by Crippen LogP contribution is 2.33. The molecule has 1 aliphatic heterocycles. The Hall–Kier alpha value is -1.75. The van der Waals surface area contributed by atoms with Crippen LogP contribution in [0.25, 0.3) is 0 Å². The van der Waals surface area contributed by atoms with Gasteiger partial charge in [-0.25, -0.2) is 0 Å². The van der Waals surface area contributed by atoms with E-state index in [1.54, 1.807) is 42.0 Å². The van der Waals surface area contributed by atoms with Gasteiger partial charge < -0.3 is 14.5 Å². The van der Waals surface area contributed by atoms with E-state index < -0.39 is 6.04 Å². The zero-order valence-electron chi connectivity index (χ0n) is 14.0. The molecule has 1 heterocycles. The highest BCUT2D eigenvalue weighted by atomic mass is 35.5. The van der Waals surface area contributed by atoms with Gasteiger partial charge in [0.05, 0.1) is 12.8 Å². The number of methoxy groups -OCH3 is 1. The van der Waals surface area contributed by atoms with Crippen LogP contribution in [0.15, 0.2) is 18.2 Å². The van der Waals surface area contributed by atoms with E-state index in [2.05, 4.69) is 0 Å². The molecule has 2 rings (SSSR count). The van der Waals surface area contributed by atoms with E-state index in [1.165, 1.54) is 0 Å². The minimum atomic E-state index is -0.487. The van der Waals surface area contributed by atoms with Crippen molar-refractivity contribution in [2.75, 3.05) is 25.1 Å². The van der Waals surface area contributed by atoms with Crippen LogP contribution in [0.4, 0.5) is 5.69 Å². The van der Waals surface area contributed by atoms with Crippen LogP contribution in [0.5, 0.6) is 5.75 Å². The van der Waals surface area contributed by atoms with Crippen LogP contribution in [0, 0.1) is 5.92 Å². The minimum Gasteiger partial charge on any atom is -0.495 e. The first kappa shape index (κ1) is 17.6. The van der Waals surface area contributed by atoms with Gasteiger partial charge in [0.15, 0.2) is 0 Å². The van der Waals surface area contributed by atoms with Crippen LogP contribution in [-0.2, 0) is 9.59 Å². The third kappa shape index (κ3) is 3.78. The second-order valence-corrected chi connectivity index (χ2v) is 6.60. The van der Waals surface area contributed by atoms with Crippen LogP contribution in [0.3, 0.4) is 0 Å². The minimum absolute atomic E-state index is 0.0264. The quantitative estimate of drug-likeness (QED) is 0.848. The zero-order chi connectivity index (χ0) is 17.1. The molecule has 0 N–H and O–H groups in total. The van der Waals surface area contributed by atoms with E-state index in [9.17, 15) is 9.59 Å². The molecule has 0 radical (unpaired) electrons. The summed E-state index contributed by atoms with van der Waals surface area (Å²) in [5.41, 5.74) is 0.646. The monoisotopic (exact) mass is 338 g/mol. The number of ether oxygens (including phenoxy) is 1. The van der Waals surface area contributed by atoms with Crippen LogP contribution in [0.1, 0.15) is 27.2 Å². The van der Waals surface area contributed by atoms with Crippen molar-refractivity contribution in [3.63, 3.8) is 0 Å².